The highest BCUT2D eigenvalue weighted by atomic mass is 16.7. The van der Waals surface area contributed by atoms with Gasteiger partial charge in [-0.3, -0.25) is 0 Å². The molecule has 4 saturated carbocycles. The van der Waals surface area contributed by atoms with Crippen molar-refractivity contribution in [3.05, 3.63) is 0 Å². The van der Waals surface area contributed by atoms with Crippen LogP contribution in [0, 0.1) is 52.3 Å². The first kappa shape index (κ1) is 24.1. The van der Waals surface area contributed by atoms with Crippen molar-refractivity contribution in [3.8, 4) is 0 Å². The van der Waals surface area contributed by atoms with Crippen LogP contribution in [-0.4, -0.2) is 20.0 Å². The van der Waals surface area contributed by atoms with Crippen LogP contribution in [0.4, 0.5) is 0 Å². The molecule has 180 valence electrons. The summed E-state index contributed by atoms with van der Waals surface area (Å²) in [5.74, 6) is 6.04. The van der Waals surface area contributed by atoms with Gasteiger partial charge in [-0.15, -0.1) is 0 Å². The molecule has 0 aromatic carbocycles. The fraction of sp³-hybridized carbons (Fsp3) is 1.00. The Labute approximate surface area is 193 Å². The lowest BCUT2D eigenvalue weighted by molar-refractivity contribution is -0.269. The van der Waals surface area contributed by atoms with Crippen molar-refractivity contribution in [3.63, 3.8) is 0 Å². The van der Waals surface area contributed by atoms with E-state index in [0.717, 1.165) is 54.3 Å². The molecule has 0 aromatic rings. The Hall–Kier alpha value is -0.0800. The molecule has 0 radical (unpaired) electrons. The topological polar surface area (TPSA) is 18.5 Å². The molecule has 4 aliphatic carbocycles. The molecule has 4 rings (SSSR count). The molecule has 0 heterocycles. The van der Waals surface area contributed by atoms with Crippen LogP contribution in [0.25, 0.3) is 0 Å². The van der Waals surface area contributed by atoms with Gasteiger partial charge in [0.25, 0.3) is 0 Å². The van der Waals surface area contributed by atoms with Crippen LogP contribution >= 0.6 is 0 Å². The zero-order valence-electron chi connectivity index (χ0n) is 21.8. The van der Waals surface area contributed by atoms with Gasteiger partial charge in [-0.1, -0.05) is 53.9 Å². The standard InChI is InChI=1S/C29H52O2/c1-20(2)9-8-10-21(3)24-13-14-25-23-12-11-22-15-18-29(30-6,31-7)19-28(22,5)26(23)16-17-27(24,25)4/h20-26H,8-19H2,1-7H3. The van der Waals surface area contributed by atoms with Crippen LogP contribution in [0.5, 0.6) is 0 Å². The molecule has 4 aliphatic rings. The van der Waals surface area contributed by atoms with Gasteiger partial charge >= 0.3 is 0 Å². The number of fused-ring (bicyclic) bond motifs is 5. The van der Waals surface area contributed by atoms with Crippen molar-refractivity contribution in [2.75, 3.05) is 14.2 Å². The zero-order valence-corrected chi connectivity index (χ0v) is 21.8. The molecule has 0 amide bonds. The van der Waals surface area contributed by atoms with Crippen molar-refractivity contribution < 1.29 is 9.47 Å². The van der Waals surface area contributed by atoms with Crippen LogP contribution in [0.1, 0.15) is 112 Å². The van der Waals surface area contributed by atoms with Crippen LogP contribution in [0.3, 0.4) is 0 Å². The van der Waals surface area contributed by atoms with Crippen LogP contribution < -0.4 is 0 Å². The zero-order chi connectivity index (χ0) is 22.4. The first-order valence-electron chi connectivity index (χ1n) is 13.8. The summed E-state index contributed by atoms with van der Waals surface area (Å²) in [6.07, 6.45) is 16.6. The molecule has 4 fully saturated rings. The second-order valence-electron chi connectivity index (χ2n) is 13.2. The average Bonchev–Trinajstić information content (AvgIpc) is 3.09. The van der Waals surface area contributed by atoms with Gasteiger partial charge in [0, 0.05) is 27.1 Å². The summed E-state index contributed by atoms with van der Waals surface area (Å²) in [6, 6.07) is 0. The van der Waals surface area contributed by atoms with Gasteiger partial charge in [-0.05, 0) is 97.2 Å². The number of hydrogen-bond donors (Lipinski definition) is 0. The quantitative estimate of drug-likeness (QED) is 0.378. The summed E-state index contributed by atoms with van der Waals surface area (Å²) in [4.78, 5) is 0. The van der Waals surface area contributed by atoms with E-state index in [0.29, 0.717) is 10.8 Å². The summed E-state index contributed by atoms with van der Waals surface area (Å²) < 4.78 is 12.0. The number of rotatable bonds is 7. The SMILES string of the molecule is COC1(OC)CCC2CCC3C(CCC4(C)C(C(C)CCCC(C)C)CCC34)C2(C)C1. The van der Waals surface area contributed by atoms with Gasteiger partial charge in [0.15, 0.2) is 5.79 Å². The molecule has 8 unspecified atom stereocenters. The minimum absolute atomic E-state index is 0.336. The minimum atomic E-state index is -0.336. The van der Waals surface area contributed by atoms with Crippen molar-refractivity contribution in [1.82, 2.24) is 0 Å². The van der Waals surface area contributed by atoms with Gasteiger partial charge < -0.3 is 9.47 Å². The molecule has 2 nitrogen and oxygen atoms in total. The second kappa shape index (κ2) is 8.94. The largest absolute Gasteiger partial charge is 0.353 e. The molecular formula is C29H52O2. The van der Waals surface area contributed by atoms with E-state index in [1.54, 1.807) is 0 Å². The van der Waals surface area contributed by atoms with E-state index in [-0.39, 0.29) is 5.79 Å². The second-order valence-corrected chi connectivity index (χ2v) is 13.2. The first-order chi connectivity index (χ1) is 14.7. The van der Waals surface area contributed by atoms with Crippen molar-refractivity contribution >= 4 is 0 Å². The molecule has 31 heavy (non-hydrogen) atoms. The van der Waals surface area contributed by atoms with E-state index >= 15 is 0 Å². The third kappa shape index (κ3) is 4.05. The number of ether oxygens (including phenoxy) is 2. The predicted molar refractivity (Wildman–Crippen MR) is 130 cm³/mol. The molecular weight excluding hydrogens is 380 g/mol. The van der Waals surface area contributed by atoms with Crippen molar-refractivity contribution in [2.24, 2.45) is 52.3 Å². The van der Waals surface area contributed by atoms with Gasteiger partial charge in [-0.2, -0.15) is 0 Å². The fourth-order valence-electron chi connectivity index (χ4n) is 9.80. The average molecular weight is 433 g/mol. The minimum Gasteiger partial charge on any atom is -0.353 e. The highest BCUT2D eigenvalue weighted by Gasteiger charge is 2.62. The van der Waals surface area contributed by atoms with Crippen LogP contribution in [0.15, 0.2) is 0 Å². The monoisotopic (exact) mass is 432 g/mol. The summed E-state index contributed by atoms with van der Waals surface area (Å²) in [5, 5.41) is 0. The Morgan fingerprint density at radius 3 is 2.16 bits per heavy atom. The fourth-order valence-corrected chi connectivity index (χ4v) is 9.80. The third-order valence-electron chi connectivity index (χ3n) is 11.5. The summed E-state index contributed by atoms with van der Waals surface area (Å²) in [5.41, 5.74) is 0.991. The summed E-state index contributed by atoms with van der Waals surface area (Å²) in [6.45, 7) is 12.7. The Morgan fingerprint density at radius 2 is 1.48 bits per heavy atom. The van der Waals surface area contributed by atoms with Crippen LogP contribution in [-0.2, 0) is 9.47 Å². The van der Waals surface area contributed by atoms with E-state index in [9.17, 15) is 0 Å². The van der Waals surface area contributed by atoms with Gasteiger partial charge in [0.1, 0.15) is 0 Å². The Morgan fingerprint density at radius 1 is 0.774 bits per heavy atom. The predicted octanol–water partition coefficient (Wildman–Crippen LogP) is 8.10. The number of hydrogen-bond acceptors (Lipinski definition) is 2. The Kier molecular flexibility index (Phi) is 6.93. The van der Waals surface area contributed by atoms with E-state index in [2.05, 4.69) is 34.6 Å². The van der Waals surface area contributed by atoms with E-state index in [4.69, 9.17) is 9.47 Å². The van der Waals surface area contributed by atoms with Gasteiger partial charge in [0.05, 0.1) is 0 Å². The van der Waals surface area contributed by atoms with E-state index in [1.807, 2.05) is 14.2 Å². The van der Waals surface area contributed by atoms with E-state index < -0.39 is 0 Å². The molecule has 0 spiro atoms. The third-order valence-corrected chi connectivity index (χ3v) is 11.5. The molecule has 0 N–H and O–H groups in total. The maximum Gasteiger partial charge on any atom is 0.168 e. The molecule has 0 bridgehead atoms. The van der Waals surface area contributed by atoms with Crippen molar-refractivity contribution in [2.45, 2.75) is 117 Å². The summed E-state index contributed by atoms with van der Waals surface area (Å²) in [7, 11) is 3.74. The first-order valence-corrected chi connectivity index (χ1v) is 13.8. The molecule has 8 atom stereocenters. The molecule has 2 heteroatoms. The van der Waals surface area contributed by atoms with Crippen LogP contribution in [0.2, 0.25) is 0 Å². The lowest BCUT2D eigenvalue weighted by Crippen LogP contribution is -2.57. The number of methoxy groups -OCH3 is 2. The normalized spacial score (nSPS) is 45.1. The van der Waals surface area contributed by atoms with Gasteiger partial charge in [0.2, 0.25) is 0 Å². The maximum absolute atomic E-state index is 6.01. The Balaban J connectivity index is 1.50. The highest BCUT2D eigenvalue weighted by molar-refractivity contribution is 5.10. The van der Waals surface area contributed by atoms with E-state index in [1.165, 1.54) is 64.2 Å². The lowest BCUT2D eigenvalue weighted by atomic mass is 9.44. The highest BCUT2D eigenvalue weighted by Crippen LogP contribution is 2.69. The lowest BCUT2D eigenvalue weighted by Gasteiger charge is -2.62. The Bertz CT molecular complexity index is 610. The molecule has 0 saturated heterocycles. The van der Waals surface area contributed by atoms with Gasteiger partial charge in [-0.25, -0.2) is 0 Å². The smallest absolute Gasteiger partial charge is 0.168 e. The maximum atomic E-state index is 6.01. The molecule has 0 aliphatic heterocycles. The van der Waals surface area contributed by atoms with Crippen molar-refractivity contribution in [1.29, 1.82) is 0 Å². The summed E-state index contributed by atoms with van der Waals surface area (Å²) >= 11 is 0. The molecule has 0 aromatic heterocycles.